The minimum atomic E-state index is -4.30. The van der Waals surface area contributed by atoms with E-state index in [1.165, 1.54) is 50.3 Å². The highest BCUT2D eigenvalue weighted by molar-refractivity contribution is 7.92. The van der Waals surface area contributed by atoms with Gasteiger partial charge in [0.15, 0.2) is 18.1 Å². The quantitative estimate of drug-likeness (QED) is 0.199. The summed E-state index contributed by atoms with van der Waals surface area (Å²) in [5, 5.41) is 0. The third-order valence-corrected chi connectivity index (χ3v) is 8.20. The Hall–Kier alpha value is -5.04. The molecule has 3 aromatic carbocycles. The van der Waals surface area contributed by atoms with Gasteiger partial charge in [-0.15, -0.1) is 0 Å². The molecule has 0 spiro atoms. The van der Waals surface area contributed by atoms with Crippen molar-refractivity contribution in [3.63, 3.8) is 0 Å². The van der Waals surface area contributed by atoms with Crippen molar-refractivity contribution in [3.8, 4) is 22.9 Å². The molecule has 0 atom stereocenters. The summed E-state index contributed by atoms with van der Waals surface area (Å²) in [6, 6.07) is 15.5. The molecule has 0 aliphatic heterocycles. The third-order valence-electron chi connectivity index (χ3n) is 6.85. The molecule has 0 aliphatic rings. The van der Waals surface area contributed by atoms with E-state index in [2.05, 4.69) is 4.72 Å². The number of ketones is 1. The first-order valence-corrected chi connectivity index (χ1v) is 14.4. The molecule has 4 aromatic rings. The molecule has 0 saturated carbocycles. The monoisotopic (exact) mass is 609 g/mol. The maximum absolute atomic E-state index is 13.4. The van der Waals surface area contributed by atoms with E-state index in [4.69, 9.17) is 18.9 Å². The third kappa shape index (κ3) is 6.11. The number of nitrogens with one attached hydrogen (secondary N) is 1. The predicted octanol–water partition coefficient (Wildman–Crippen LogP) is 3.66. The maximum Gasteiger partial charge on any atom is 0.338 e. The number of sulfonamides is 1. The van der Waals surface area contributed by atoms with Gasteiger partial charge in [-0.25, -0.2) is 17.9 Å². The number of methoxy groups -OCH3 is 3. The van der Waals surface area contributed by atoms with Crippen molar-refractivity contribution in [2.75, 3.05) is 32.7 Å². The van der Waals surface area contributed by atoms with Crippen molar-refractivity contribution in [2.24, 2.45) is 7.05 Å². The molecular weight excluding hydrogens is 578 g/mol. The molecule has 1 heterocycles. The molecule has 12 nitrogen and oxygen atoms in total. The number of esters is 1. The van der Waals surface area contributed by atoms with Crippen LogP contribution in [0.4, 0.5) is 5.69 Å². The molecule has 43 heavy (non-hydrogen) atoms. The Kier molecular flexibility index (Phi) is 8.95. The number of nitrogens with zero attached hydrogens (tertiary/aromatic N) is 2. The van der Waals surface area contributed by atoms with Crippen LogP contribution in [0.25, 0.3) is 5.69 Å². The Morgan fingerprint density at radius 2 is 1.51 bits per heavy atom. The molecule has 0 radical (unpaired) electrons. The summed E-state index contributed by atoms with van der Waals surface area (Å²) in [5.41, 5.74) is 0.760. The van der Waals surface area contributed by atoms with Crippen LogP contribution in [0, 0.1) is 13.8 Å². The fourth-order valence-electron chi connectivity index (χ4n) is 4.40. The van der Waals surface area contributed by atoms with E-state index in [0.29, 0.717) is 22.7 Å². The predicted molar refractivity (Wildman–Crippen MR) is 158 cm³/mol. The van der Waals surface area contributed by atoms with Gasteiger partial charge in [0.2, 0.25) is 11.5 Å². The zero-order valence-corrected chi connectivity index (χ0v) is 25.3. The van der Waals surface area contributed by atoms with E-state index in [1.54, 1.807) is 55.9 Å². The van der Waals surface area contributed by atoms with Crippen LogP contribution in [-0.2, 0) is 21.8 Å². The van der Waals surface area contributed by atoms with E-state index in [1.807, 2.05) is 0 Å². The van der Waals surface area contributed by atoms with E-state index < -0.39 is 33.9 Å². The Balaban J connectivity index is 1.56. The largest absolute Gasteiger partial charge is 0.493 e. The second-order valence-electron chi connectivity index (χ2n) is 9.43. The number of hydrogen-bond acceptors (Lipinski definition) is 9. The van der Waals surface area contributed by atoms with Crippen LogP contribution in [0.15, 0.2) is 70.4 Å². The van der Waals surface area contributed by atoms with Crippen LogP contribution in [0.5, 0.6) is 17.2 Å². The number of benzene rings is 3. The summed E-state index contributed by atoms with van der Waals surface area (Å²) < 4.78 is 53.0. The van der Waals surface area contributed by atoms with Crippen LogP contribution in [0.3, 0.4) is 0 Å². The summed E-state index contributed by atoms with van der Waals surface area (Å²) in [4.78, 5) is 38.8. The summed E-state index contributed by atoms with van der Waals surface area (Å²) in [6.07, 6.45) is 0. The first-order chi connectivity index (χ1) is 20.4. The Bertz CT molecular complexity index is 1830. The first kappa shape index (κ1) is 30.9. The number of hydrogen-bond donors (Lipinski definition) is 1. The fourth-order valence-corrected chi connectivity index (χ4v) is 5.54. The highest BCUT2D eigenvalue weighted by atomic mass is 32.2. The van der Waals surface area contributed by atoms with Crippen molar-refractivity contribution >= 4 is 27.5 Å². The zero-order valence-electron chi connectivity index (χ0n) is 24.5. The zero-order chi connectivity index (χ0) is 31.5. The fraction of sp³-hybridized carbons (Fsp3) is 0.233. The SMILES string of the molecule is COc1cc(C(=O)COC(=O)c2cc(S(=O)(=O)Nc3c(C)n(C)n(-c4ccccc4)c3=O)ccc2C)cc(OC)c1OC. The molecule has 0 bridgehead atoms. The number of carbonyl (C=O) groups excluding carboxylic acids is 2. The Morgan fingerprint density at radius 1 is 0.884 bits per heavy atom. The van der Waals surface area contributed by atoms with Gasteiger partial charge in [0.05, 0.1) is 43.2 Å². The molecule has 226 valence electrons. The number of carbonyl (C=O) groups is 2. The van der Waals surface area contributed by atoms with Gasteiger partial charge in [0.1, 0.15) is 5.69 Å². The molecule has 4 rings (SSSR count). The average molecular weight is 610 g/mol. The van der Waals surface area contributed by atoms with Crippen LogP contribution in [-0.4, -0.2) is 57.5 Å². The van der Waals surface area contributed by atoms with Gasteiger partial charge in [-0.3, -0.25) is 19.0 Å². The number of aromatic nitrogens is 2. The van der Waals surface area contributed by atoms with Gasteiger partial charge in [-0.2, -0.15) is 0 Å². The van der Waals surface area contributed by atoms with Gasteiger partial charge in [-0.1, -0.05) is 24.3 Å². The van der Waals surface area contributed by atoms with Gasteiger partial charge < -0.3 is 18.9 Å². The Morgan fingerprint density at radius 3 is 2.09 bits per heavy atom. The van der Waals surface area contributed by atoms with Gasteiger partial charge >= 0.3 is 5.97 Å². The highest BCUT2D eigenvalue weighted by Gasteiger charge is 2.25. The first-order valence-electron chi connectivity index (χ1n) is 12.9. The summed E-state index contributed by atoms with van der Waals surface area (Å²) in [7, 11) is 1.57. The van der Waals surface area contributed by atoms with Gasteiger partial charge in [-0.05, 0) is 55.8 Å². The number of Topliss-reactive ketones (excluding diaryl/α,β-unsaturated/α-hetero) is 1. The lowest BCUT2D eigenvalue weighted by molar-refractivity contribution is 0.0473. The average Bonchev–Trinajstić information content (AvgIpc) is 3.21. The van der Waals surface area contributed by atoms with Crippen molar-refractivity contribution in [1.29, 1.82) is 0 Å². The van der Waals surface area contributed by atoms with E-state index in [9.17, 15) is 22.8 Å². The smallest absolute Gasteiger partial charge is 0.338 e. The van der Waals surface area contributed by atoms with Crippen LogP contribution < -0.4 is 24.5 Å². The van der Waals surface area contributed by atoms with E-state index >= 15 is 0 Å². The molecule has 0 saturated heterocycles. The molecule has 0 unspecified atom stereocenters. The van der Waals surface area contributed by atoms with Crippen molar-refractivity contribution in [2.45, 2.75) is 18.7 Å². The van der Waals surface area contributed by atoms with Crippen LogP contribution >= 0.6 is 0 Å². The molecule has 0 amide bonds. The molecule has 1 aromatic heterocycles. The highest BCUT2D eigenvalue weighted by Crippen LogP contribution is 2.38. The summed E-state index contributed by atoms with van der Waals surface area (Å²) in [6.45, 7) is 2.58. The molecular formula is C30H31N3O9S. The van der Waals surface area contributed by atoms with Crippen molar-refractivity contribution < 1.29 is 37.0 Å². The second kappa shape index (κ2) is 12.4. The summed E-state index contributed by atoms with van der Waals surface area (Å²) >= 11 is 0. The number of anilines is 1. The number of ether oxygens (including phenoxy) is 4. The molecule has 0 aliphatic carbocycles. The topological polar surface area (TPSA) is 144 Å². The van der Waals surface area contributed by atoms with Gasteiger partial charge in [0, 0.05) is 12.6 Å². The van der Waals surface area contributed by atoms with E-state index in [0.717, 1.165) is 6.07 Å². The minimum Gasteiger partial charge on any atom is -0.493 e. The number of para-hydroxylation sites is 1. The number of rotatable bonds is 11. The van der Waals surface area contributed by atoms with Crippen molar-refractivity contribution in [3.05, 3.63) is 93.4 Å². The lowest BCUT2D eigenvalue weighted by atomic mass is 10.1. The lowest BCUT2D eigenvalue weighted by Crippen LogP contribution is -2.23. The normalized spacial score (nSPS) is 11.1. The van der Waals surface area contributed by atoms with E-state index in [-0.39, 0.29) is 33.2 Å². The minimum absolute atomic E-state index is 0.0629. The molecule has 13 heteroatoms. The van der Waals surface area contributed by atoms with Crippen LogP contribution in [0.2, 0.25) is 0 Å². The second-order valence-corrected chi connectivity index (χ2v) is 11.1. The lowest BCUT2D eigenvalue weighted by Gasteiger charge is -2.14. The molecule has 1 N–H and O–H groups in total. The number of aryl methyl sites for hydroxylation is 1. The standard InChI is InChI=1S/C30H31N3O9S/c1-18-12-13-22(43(37,38)31-27-19(2)32(3)33(29(27)35)21-10-8-7-9-11-21)16-23(18)30(36)42-17-24(34)20-14-25(39-4)28(41-6)26(15-20)40-5/h7-16,31H,17H2,1-6H3. The summed E-state index contributed by atoms with van der Waals surface area (Å²) in [5.74, 6) is -0.656. The van der Waals surface area contributed by atoms with Crippen molar-refractivity contribution in [1.82, 2.24) is 9.36 Å². The molecule has 0 fully saturated rings. The van der Waals surface area contributed by atoms with Crippen LogP contribution in [0.1, 0.15) is 32.0 Å². The van der Waals surface area contributed by atoms with Gasteiger partial charge in [0.25, 0.3) is 15.6 Å². The maximum atomic E-state index is 13.4. The Labute approximate surface area is 248 Å².